The number of halogens is 1. The summed E-state index contributed by atoms with van der Waals surface area (Å²) < 4.78 is 18.9. The minimum atomic E-state index is -0.360. The van der Waals surface area contributed by atoms with Crippen LogP contribution in [0.4, 0.5) is 10.1 Å². The van der Waals surface area contributed by atoms with Crippen molar-refractivity contribution < 1.29 is 18.7 Å². The summed E-state index contributed by atoms with van der Waals surface area (Å²) in [5, 5.41) is 2.70. The average Bonchev–Trinajstić information content (AvgIpc) is 3.68. The monoisotopic (exact) mass is 458 g/mol. The molecule has 1 unspecified atom stereocenters. The van der Waals surface area contributed by atoms with Crippen molar-refractivity contribution in [3.63, 3.8) is 0 Å². The van der Waals surface area contributed by atoms with Crippen LogP contribution in [0.1, 0.15) is 41.1 Å². The fraction of sp³-hybridized carbons (Fsp3) is 0.286. The van der Waals surface area contributed by atoms with Crippen molar-refractivity contribution in [1.29, 1.82) is 0 Å². The Bertz CT molecular complexity index is 1220. The van der Waals surface area contributed by atoms with Gasteiger partial charge in [0.05, 0.1) is 6.04 Å². The van der Waals surface area contributed by atoms with Crippen molar-refractivity contribution >= 4 is 17.5 Å². The van der Waals surface area contributed by atoms with E-state index in [2.05, 4.69) is 30.4 Å². The highest BCUT2D eigenvalue weighted by atomic mass is 19.1. The Morgan fingerprint density at radius 2 is 1.85 bits per heavy atom. The van der Waals surface area contributed by atoms with Crippen molar-refractivity contribution in [2.24, 2.45) is 5.92 Å². The molecule has 1 N–H and O–H groups in total. The molecule has 1 heterocycles. The topological polar surface area (TPSA) is 58.6 Å². The molecule has 0 spiro atoms. The normalized spacial score (nSPS) is 17.1. The molecule has 5 rings (SSSR count). The smallest absolute Gasteiger partial charge is 0.262 e. The van der Waals surface area contributed by atoms with Crippen molar-refractivity contribution in [3.05, 3.63) is 94.8 Å². The molecule has 174 valence electrons. The van der Waals surface area contributed by atoms with Gasteiger partial charge in [0.15, 0.2) is 6.61 Å². The van der Waals surface area contributed by atoms with Gasteiger partial charge in [-0.2, -0.15) is 0 Å². The molecule has 3 aromatic rings. The lowest BCUT2D eigenvalue weighted by atomic mass is 9.87. The molecule has 2 amide bonds. The van der Waals surface area contributed by atoms with Crippen LogP contribution in [0.25, 0.3) is 0 Å². The number of fused-ring (bicyclic) bond motifs is 1. The number of hydrogen-bond acceptors (Lipinski definition) is 3. The Labute approximate surface area is 198 Å². The summed E-state index contributed by atoms with van der Waals surface area (Å²) in [6.07, 6.45) is 2.73. The van der Waals surface area contributed by atoms with Gasteiger partial charge in [-0.3, -0.25) is 9.59 Å². The molecule has 1 saturated carbocycles. The van der Waals surface area contributed by atoms with Crippen LogP contribution in [-0.2, 0) is 16.0 Å². The largest absolute Gasteiger partial charge is 0.484 e. The van der Waals surface area contributed by atoms with E-state index in [0.717, 1.165) is 36.0 Å². The van der Waals surface area contributed by atoms with Crippen molar-refractivity contribution in [1.82, 2.24) is 4.90 Å². The Morgan fingerprint density at radius 3 is 2.59 bits per heavy atom. The standard InChI is InChI=1S/C28H27FN2O3/c1-18-3-2-4-21(15-18)27-25-16-24(34-17-26(32)30-23-10-8-22(29)9-11-23)12-7-19(25)13-14-31(27)28(33)20-5-6-20/h2-4,7-12,15-16,20,27H,5-6,13-14,17H2,1H3,(H,30,32). The molecule has 1 aliphatic carbocycles. The molecule has 6 heteroatoms. The number of nitrogens with zero attached hydrogens (tertiary/aromatic N) is 1. The number of ether oxygens (including phenoxy) is 1. The van der Waals surface area contributed by atoms with Gasteiger partial charge in [-0.1, -0.05) is 35.9 Å². The third-order valence-corrected chi connectivity index (χ3v) is 6.41. The highest BCUT2D eigenvalue weighted by Gasteiger charge is 2.39. The fourth-order valence-corrected chi connectivity index (χ4v) is 4.56. The maximum absolute atomic E-state index is 13.2. The summed E-state index contributed by atoms with van der Waals surface area (Å²) in [5.41, 5.74) is 4.97. The zero-order chi connectivity index (χ0) is 23.7. The van der Waals surface area contributed by atoms with Crippen LogP contribution in [0.15, 0.2) is 66.7 Å². The van der Waals surface area contributed by atoms with E-state index >= 15 is 0 Å². The first-order valence-corrected chi connectivity index (χ1v) is 11.7. The molecule has 1 atom stereocenters. The molecular weight excluding hydrogens is 431 g/mol. The van der Waals surface area contributed by atoms with Crippen LogP contribution in [-0.4, -0.2) is 29.9 Å². The molecule has 34 heavy (non-hydrogen) atoms. The lowest BCUT2D eigenvalue weighted by Gasteiger charge is -2.38. The molecule has 0 saturated heterocycles. The molecular formula is C28H27FN2O3. The van der Waals surface area contributed by atoms with E-state index in [9.17, 15) is 14.0 Å². The van der Waals surface area contributed by atoms with Crippen LogP contribution in [0.5, 0.6) is 5.75 Å². The SMILES string of the molecule is Cc1cccc(C2c3cc(OCC(=O)Nc4ccc(F)cc4)ccc3CCN2C(=O)C2CC2)c1. The lowest BCUT2D eigenvalue weighted by Crippen LogP contribution is -2.41. The number of carbonyl (C=O) groups is 2. The van der Waals surface area contributed by atoms with Gasteiger partial charge in [0.2, 0.25) is 5.91 Å². The van der Waals surface area contributed by atoms with Crippen molar-refractivity contribution in [2.45, 2.75) is 32.2 Å². The van der Waals surface area contributed by atoms with Gasteiger partial charge in [0, 0.05) is 18.2 Å². The van der Waals surface area contributed by atoms with Crippen LogP contribution in [0.2, 0.25) is 0 Å². The molecule has 0 aromatic heterocycles. The summed E-state index contributed by atoms with van der Waals surface area (Å²) >= 11 is 0. The number of aryl methyl sites for hydroxylation is 1. The summed E-state index contributed by atoms with van der Waals surface area (Å²) in [6, 6.07) is 19.6. The first kappa shape index (κ1) is 22.1. The van der Waals surface area contributed by atoms with Gasteiger partial charge in [-0.15, -0.1) is 0 Å². The number of rotatable bonds is 6. The van der Waals surface area contributed by atoms with Gasteiger partial charge in [0.1, 0.15) is 11.6 Å². The first-order chi connectivity index (χ1) is 16.5. The van der Waals surface area contributed by atoms with E-state index < -0.39 is 0 Å². The Hall–Kier alpha value is -3.67. The second-order valence-electron chi connectivity index (χ2n) is 9.08. The van der Waals surface area contributed by atoms with Gasteiger partial charge in [0.25, 0.3) is 5.91 Å². The zero-order valence-corrected chi connectivity index (χ0v) is 19.1. The first-order valence-electron chi connectivity index (χ1n) is 11.7. The average molecular weight is 459 g/mol. The van der Waals surface area contributed by atoms with Crippen LogP contribution >= 0.6 is 0 Å². The van der Waals surface area contributed by atoms with E-state index in [0.29, 0.717) is 18.0 Å². The zero-order valence-electron chi connectivity index (χ0n) is 19.1. The molecule has 1 fully saturated rings. The Kier molecular flexibility index (Phi) is 6.05. The van der Waals surface area contributed by atoms with Gasteiger partial charge in [-0.05, 0) is 79.3 Å². The maximum atomic E-state index is 13.2. The van der Waals surface area contributed by atoms with Crippen LogP contribution < -0.4 is 10.1 Å². The molecule has 0 bridgehead atoms. The van der Waals surface area contributed by atoms with Crippen LogP contribution in [0, 0.1) is 18.7 Å². The predicted octanol–water partition coefficient (Wildman–Crippen LogP) is 5.04. The number of anilines is 1. The third kappa shape index (κ3) is 4.81. The highest BCUT2D eigenvalue weighted by Crippen LogP contribution is 2.41. The quantitative estimate of drug-likeness (QED) is 0.563. The number of carbonyl (C=O) groups excluding carboxylic acids is 2. The number of nitrogens with one attached hydrogen (secondary N) is 1. The second-order valence-corrected chi connectivity index (χ2v) is 9.08. The van der Waals surface area contributed by atoms with Crippen LogP contribution in [0.3, 0.4) is 0 Å². The van der Waals surface area contributed by atoms with E-state index in [1.54, 1.807) is 0 Å². The summed E-state index contributed by atoms with van der Waals surface area (Å²) in [4.78, 5) is 27.5. The van der Waals surface area contributed by atoms with Crippen molar-refractivity contribution in [3.8, 4) is 5.75 Å². The number of benzene rings is 3. The Balaban J connectivity index is 1.37. The minimum absolute atomic E-state index is 0.142. The van der Waals surface area contributed by atoms with Crippen molar-refractivity contribution in [2.75, 3.05) is 18.5 Å². The summed E-state index contributed by atoms with van der Waals surface area (Å²) in [7, 11) is 0. The van der Waals surface area contributed by atoms with Gasteiger partial charge in [-0.25, -0.2) is 4.39 Å². The third-order valence-electron chi connectivity index (χ3n) is 6.41. The van der Waals surface area contributed by atoms with Gasteiger partial charge < -0.3 is 15.0 Å². The summed E-state index contributed by atoms with van der Waals surface area (Å²) in [5.74, 6) is 0.253. The molecule has 0 radical (unpaired) electrons. The van der Waals surface area contributed by atoms with E-state index in [1.807, 2.05) is 29.2 Å². The summed E-state index contributed by atoms with van der Waals surface area (Å²) in [6.45, 7) is 2.58. The lowest BCUT2D eigenvalue weighted by molar-refractivity contribution is -0.134. The van der Waals surface area contributed by atoms with E-state index in [4.69, 9.17) is 4.74 Å². The second kappa shape index (κ2) is 9.29. The van der Waals surface area contributed by atoms with Gasteiger partial charge >= 0.3 is 0 Å². The minimum Gasteiger partial charge on any atom is -0.484 e. The molecule has 2 aliphatic rings. The number of hydrogen-bond donors (Lipinski definition) is 1. The molecule has 1 aliphatic heterocycles. The molecule has 5 nitrogen and oxygen atoms in total. The fourth-order valence-electron chi connectivity index (χ4n) is 4.56. The molecule has 3 aromatic carbocycles. The Morgan fingerprint density at radius 1 is 1.06 bits per heavy atom. The van der Waals surface area contributed by atoms with E-state index in [-0.39, 0.29) is 36.2 Å². The van der Waals surface area contributed by atoms with E-state index in [1.165, 1.54) is 29.8 Å². The predicted molar refractivity (Wildman–Crippen MR) is 128 cm³/mol. The highest BCUT2D eigenvalue weighted by molar-refractivity contribution is 5.91. The maximum Gasteiger partial charge on any atom is 0.262 e. The number of amides is 2.